The van der Waals surface area contributed by atoms with Crippen LogP contribution >= 0.6 is 11.6 Å². The summed E-state index contributed by atoms with van der Waals surface area (Å²) in [6, 6.07) is 15.3. The molecule has 2 aromatic rings. The second-order valence-corrected chi connectivity index (χ2v) is 9.87. The molecule has 0 aliphatic carbocycles. The van der Waals surface area contributed by atoms with Gasteiger partial charge in [0.05, 0.1) is 0 Å². The molecule has 1 amide bonds. The minimum absolute atomic E-state index is 0.00160. The molecule has 0 radical (unpaired) electrons. The van der Waals surface area contributed by atoms with E-state index in [1.165, 1.54) is 0 Å². The van der Waals surface area contributed by atoms with Crippen LogP contribution in [-0.2, 0) is 4.79 Å². The number of carbonyl (C=O) groups is 1. The summed E-state index contributed by atoms with van der Waals surface area (Å²) < 4.78 is 0. The molecular weight excluding hydrogens is 382 g/mol. The molecule has 5 heteroatoms. The Labute approximate surface area is 179 Å². The monoisotopic (exact) mass is 413 g/mol. The molecule has 29 heavy (non-hydrogen) atoms. The van der Waals surface area contributed by atoms with Gasteiger partial charge in [0.1, 0.15) is 6.04 Å². The minimum Gasteiger partial charge on any atom is -0.324 e. The van der Waals surface area contributed by atoms with Crippen LogP contribution in [0.4, 0.5) is 5.69 Å². The van der Waals surface area contributed by atoms with Gasteiger partial charge in [0.25, 0.3) is 0 Å². The summed E-state index contributed by atoms with van der Waals surface area (Å²) in [5.74, 6) is -0.0785. The summed E-state index contributed by atoms with van der Waals surface area (Å²) in [5.41, 5.74) is 2.65. The number of halogens is 1. The van der Waals surface area contributed by atoms with Crippen LogP contribution in [-0.4, -0.2) is 23.0 Å². The predicted octanol–water partition coefficient (Wildman–Crippen LogP) is 5.23. The second kappa shape index (κ2) is 8.47. The van der Waals surface area contributed by atoms with Crippen LogP contribution in [0, 0.1) is 6.92 Å². The van der Waals surface area contributed by atoms with Crippen molar-refractivity contribution in [2.45, 2.75) is 70.6 Å². The number of rotatable bonds is 5. The van der Waals surface area contributed by atoms with Crippen LogP contribution in [0.15, 0.2) is 48.5 Å². The number of hydrogen-bond donors (Lipinski definition) is 3. The van der Waals surface area contributed by atoms with Crippen molar-refractivity contribution in [1.82, 2.24) is 10.6 Å². The van der Waals surface area contributed by atoms with Crippen molar-refractivity contribution >= 4 is 23.2 Å². The van der Waals surface area contributed by atoms with Crippen molar-refractivity contribution in [2.24, 2.45) is 0 Å². The Bertz CT molecular complexity index is 848. The highest BCUT2D eigenvalue weighted by atomic mass is 35.5. The highest BCUT2D eigenvalue weighted by Gasteiger charge is 2.39. The first-order valence-electron chi connectivity index (χ1n) is 10.2. The molecule has 0 saturated carbocycles. The number of aryl methyl sites for hydroxylation is 1. The Morgan fingerprint density at radius 3 is 2.28 bits per heavy atom. The molecule has 2 aromatic carbocycles. The highest BCUT2D eigenvalue weighted by molar-refractivity contribution is 6.31. The largest absolute Gasteiger partial charge is 0.324 e. The summed E-state index contributed by atoms with van der Waals surface area (Å²) in [6.45, 7) is 10.8. The Hall–Kier alpha value is -1.88. The maximum Gasteiger partial charge on any atom is 0.246 e. The van der Waals surface area contributed by atoms with Gasteiger partial charge in [-0.1, -0.05) is 48.0 Å². The maximum absolute atomic E-state index is 13.3. The van der Waals surface area contributed by atoms with Gasteiger partial charge in [-0.25, -0.2) is 0 Å². The molecule has 1 atom stereocenters. The average molecular weight is 414 g/mol. The summed E-state index contributed by atoms with van der Waals surface area (Å²) in [6.07, 6.45) is 1.90. The fourth-order valence-electron chi connectivity index (χ4n) is 4.53. The third kappa shape index (κ3) is 5.81. The number of hydrogen-bond acceptors (Lipinski definition) is 3. The number of amides is 1. The highest BCUT2D eigenvalue weighted by Crippen LogP contribution is 2.30. The molecule has 1 saturated heterocycles. The molecule has 156 valence electrons. The van der Waals surface area contributed by atoms with Gasteiger partial charge >= 0.3 is 0 Å². The van der Waals surface area contributed by atoms with Crippen LogP contribution in [0.2, 0.25) is 5.02 Å². The third-order valence-corrected chi connectivity index (χ3v) is 5.83. The zero-order valence-corrected chi connectivity index (χ0v) is 18.7. The van der Waals surface area contributed by atoms with Gasteiger partial charge in [0.2, 0.25) is 5.91 Å². The van der Waals surface area contributed by atoms with Crippen molar-refractivity contribution in [3.8, 4) is 0 Å². The first-order chi connectivity index (χ1) is 13.5. The first-order valence-corrected chi connectivity index (χ1v) is 10.6. The lowest BCUT2D eigenvalue weighted by molar-refractivity contribution is -0.118. The van der Waals surface area contributed by atoms with E-state index in [1.54, 1.807) is 6.07 Å². The normalized spacial score (nSPS) is 19.5. The van der Waals surface area contributed by atoms with Crippen LogP contribution in [0.5, 0.6) is 0 Å². The van der Waals surface area contributed by atoms with Crippen LogP contribution in [0.25, 0.3) is 0 Å². The molecular formula is C24H32ClN3O. The van der Waals surface area contributed by atoms with E-state index in [0.29, 0.717) is 10.7 Å². The lowest BCUT2D eigenvalue weighted by Gasteiger charge is -2.47. The number of benzene rings is 2. The standard InChI is InChI=1S/C24H32ClN3O/c1-16-11-12-18(13-20(16)25)27-22(29)21(17-9-7-6-8-10-17)26-19-14-23(2,3)28-24(4,5)15-19/h6-13,19,21,26,28H,14-15H2,1-5H3,(H,27,29)/t21-/m0/s1. The van der Waals surface area contributed by atoms with E-state index < -0.39 is 6.04 Å². The van der Waals surface area contributed by atoms with E-state index in [9.17, 15) is 4.79 Å². The number of piperidine rings is 1. The average Bonchev–Trinajstić information content (AvgIpc) is 2.61. The van der Waals surface area contributed by atoms with Gasteiger partial charge < -0.3 is 10.6 Å². The molecule has 1 heterocycles. The molecule has 0 bridgehead atoms. The summed E-state index contributed by atoms with van der Waals surface area (Å²) in [7, 11) is 0. The second-order valence-electron chi connectivity index (χ2n) is 9.46. The van der Waals surface area contributed by atoms with E-state index in [4.69, 9.17) is 11.6 Å². The van der Waals surface area contributed by atoms with E-state index in [1.807, 2.05) is 49.4 Å². The molecule has 1 aliphatic rings. The zero-order valence-electron chi connectivity index (χ0n) is 18.0. The van der Waals surface area contributed by atoms with Crippen molar-refractivity contribution in [2.75, 3.05) is 5.32 Å². The van der Waals surface area contributed by atoms with Crippen LogP contribution < -0.4 is 16.0 Å². The lowest BCUT2D eigenvalue weighted by Crippen LogP contribution is -2.62. The smallest absolute Gasteiger partial charge is 0.246 e. The molecule has 4 nitrogen and oxygen atoms in total. The van der Waals surface area contributed by atoms with Crippen LogP contribution in [0.1, 0.15) is 57.7 Å². The van der Waals surface area contributed by atoms with Gasteiger partial charge in [-0.15, -0.1) is 0 Å². The van der Waals surface area contributed by atoms with E-state index in [0.717, 1.165) is 24.0 Å². The molecule has 0 aromatic heterocycles. The first kappa shape index (κ1) is 21.8. The van der Waals surface area contributed by atoms with Gasteiger partial charge in [0.15, 0.2) is 0 Å². The van der Waals surface area contributed by atoms with E-state index in [-0.39, 0.29) is 23.0 Å². The Morgan fingerprint density at radius 1 is 1.07 bits per heavy atom. The maximum atomic E-state index is 13.3. The number of carbonyl (C=O) groups excluding carboxylic acids is 1. The minimum atomic E-state index is -0.439. The topological polar surface area (TPSA) is 53.2 Å². The summed E-state index contributed by atoms with van der Waals surface area (Å²) in [4.78, 5) is 13.3. The van der Waals surface area contributed by atoms with Crippen molar-refractivity contribution in [3.05, 3.63) is 64.7 Å². The number of nitrogens with one attached hydrogen (secondary N) is 3. The van der Waals surface area contributed by atoms with Gasteiger partial charge in [-0.3, -0.25) is 10.1 Å². The van der Waals surface area contributed by atoms with Crippen molar-refractivity contribution in [1.29, 1.82) is 0 Å². The summed E-state index contributed by atoms with van der Waals surface area (Å²) in [5, 5.41) is 11.0. The fourth-order valence-corrected chi connectivity index (χ4v) is 4.71. The molecule has 0 unspecified atom stereocenters. The Kier molecular flexibility index (Phi) is 6.37. The zero-order chi connectivity index (χ0) is 21.2. The third-order valence-electron chi connectivity index (χ3n) is 5.43. The number of anilines is 1. The van der Waals surface area contributed by atoms with E-state index in [2.05, 4.69) is 43.6 Å². The summed E-state index contributed by atoms with van der Waals surface area (Å²) >= 11 is 6.24. The van der Waals surface area contributed by atoms with Crippen molar-refractivity contribution in [3.63, 3.8) is 0 Å². The molecule has 3 N–H and O–H groups in total. The van der Waals surface area contributed by atoms with Gasteiger partial charge in [-0.05, 0) is 70.7 Å². The van der Waals surface area contributed by atoms with Crippen LogP contribution in [0.3, 0.4) is 0 Å². The molecule has 3 rings (SSSR count). The van der Waals surface area contributed by atoms with E-state index >= 15 is 0 Å². The molecule has 1 fully saturated rings. The molecule has 0 spiro atoms. The quantitative estimate of drug-likeness (QED) is 0.629. The van der Waals surface area contributed by atoms with Gasteiger partial charge in [0, 0.05) is 27.8 Å². The van der Waals surface area contributed by atoms with Crippen molar-refractivity contribution < 1.29 is 4.79 Å². The SMILES string of the molecule is Cc1ccc(NC(=O)[C@@H](NC2CC(C)(C)NC(C)(C)C2)c2ccccc2)cc1Cl. The Balaban J connectivity index is 1.83. The fraction of sp³-hybridized carbons (Fsp3) is 0.458. The predicted molar refractivity (Wildman–Crippen MR) is 121 cm³/mol. The Morgan fingerprint density at radius 2 is 1.69 bits per heavy atom. The lowest BCUT2D eigenvalue weighted by atomic mass is 9.79. The van der Waals surface area contributed by atoms with Gasteiger partial charge in [-0.2, -0.15) is 0 Å². The molecule has 1 aliphatic heterocycles.